The van der Waals surface area contributed by atoms with E-state index < -0.39 is 5.60 Å². The van der Waals surface area contributed by atoms with E-state index in [1.165, 1.54) is 6.42 Å². The Labute approximate surface area is 187 Å². The Bertz CT molecular complexity index is 781. The summed E-state index contributed by atoms with van der Waals surface area (Å²) >= 11 is 0. The Kier molecular flexibility index (Phi) is 7.89. The lowest BCUT2D eigenvalue weighted by molar-refractivity contribution is -0.177. The van der Waals surface area contributed by atoms with Crippen LogP contribution in [0.15, 0.2) is 24.3 Å². The van der Waals surface area contributed by atoms with Crippen molar-refractivity contribution >= 4 is 5.97 Å². The first-order chi connectivity index (χ1) is 15.0. The van der Waals surface area contributed by atoms with Crippen LogP contribution in [-0.4, -0.2) is 38.1 Å². The third-order valence-electron chi connectivity index (χ3n) is 7.45. The van der Waals surface area contributed by atoms with Crippen molar-refractivity contribution in [3.63, 3.8) is 0 Å². The summed E-state index contributed by atoms with van der Waals surface area (Å²) in [6.45, 7) is 1.22. The van der Waals surface area contributed by atoms with Gasteiger partial charge in [-0.05, 0) is 61.8 Å². The first-order valence-corrected chi connectivity index (χ1v) is 11.7. The van der Waals surface area contributed by atoms with Crippen molar-refractivity contribution in [2.24, 2.45) is 17.1 Å². The van der Waals surface area contributed by atoms with Crippen LogP contribution in [0.5, 0.6) is 5.75 Å². The van der Waals surface area contributed by atoms with E-state index in [1.54, 1.807) is 7.11 Å². The van der Waals surface area contributed by atoms with Gasteiger partial charge in [-0.3, -0.25) is 4.79 Å². The molecule has 170 valence electrons. The Hall–Kier alpha value is -2.19. The summed E-state index contributed by atoms with van der Waals surface area (Å²) in [5, 5.41) is 0. The Morgan fingerprint density at radius 1 is 1.23 bits per heavy atom. The molecule has 0 heterocycles. The van der Waals surface area contributed by atoms with E-state index in [2.05, 4.69) is 12.1 Å². The molecule has 5 nitrogen and oxygen atoms in total. The van der Waals surface area contributed by atoms with Crippen LogP contribution in [0.1, 0.15) is 69.8 Å². The first-order valence-electron chi connectivity index (χ1n) is 11.7. The molecule has 0 spiro atoms. The number of ether oxygens (including phenoxy) is 2. The Morgan fingerprint density at radius 3 is 2.65 bits per heavy atom. The fourth-order valence-electron chi connectivity index (χ4n) is 5.60. The Morgan fingerprint density at radius 2 is 1.97 bits per heavy atom. The normalized spacial score (nSPS) is 25.3. The molecule has 0 saturated heterocycles. The van der Waals surface area contributed by atoms with Gasteiger partial charge in [0.15, 0.2) is 0 Å². The van der Waals surface area contributed by atoms with Crippen LogP contribution in [0.2, 0.25) is 0 Å². The average molecular weight is 427 g/mol. The summed E-state index contributed by atoms with van der Waals surface area (Å²) in [4.78, 5) is 15.3. The number of benzene rings is 1. The highest BCUT2D eigenvalue weighted by atomic mass is 16.6. The average Bonchev–Trinajstić information content (AvgIpc) is 2.80. The van der Waals surface area contributed by atoms with Crippen molar-refractivity contribution in [1.29, 1.82) is 0 Å². The minimum atomic E-state index is -0.695. The van der Waals surface area contributed by atoms with Crippen LogP contribution in [-0.2, 0) is 15.1 Å². The highest BCUT2D eigenvalue weighted by molar-refractivity contribution is 5.71. The summed E-state index contributed by atoms with van der Waals surface area (Å²) in [5.41, 5.74) is 6.35. The number of hydrogen-bond donors (Lipinski definition) is 1. The highest BCUT2D eigenvalue weighted by Crippen LogP contribution is 2.47. The second-order valence-electron chi connectivity index (χ2n) is 9.49. The van der Waals surface area contributed by atoms with Crippen LogP contribution in [0.4, 0.5) is 0 Å². The van der Waals surface area contributed by atoms with Crippen molar-refractivity contribution in [3.05, 3.63) is 29.8 Å². The van der Waals surface area contributed by atoms with Crippen LogP contribution in [0, 0.1) is 23.8 Å². The maximum Gasteiger partial charge on any atom is 0.307 e. The molecule has 2 aliphatic carbocycles. The SMILES string of the molecule is C#CN(C)CC1CCCCC1(OC(=O)CC1(CN)CCCCC1)c1cccc(OC)c1. The molecule has 2 saturated carbocycles. The number of nitrogens with zero attached hydrogens (tertiary/aromatic N) is 1. The zero-order valence-corrected chi connectivity index (χ0v) is 19.2. The van der Waals surface area contributed by atoms with Gasteiger partial charge in [0.05, 0.1) is 13.5 Å². The summed E-state index contributed by atoms with van der Waals surface area (Å²) in [5.74, 6) is 0.761. The van der Waals surface area contributed by atoms with Crippen LogP contribution in [0.25, 0.3) is 0 Å². The highest BCUT2D eigenvalue weighted by Gasteiger charge is 2.47. The van der Waals surface area contributed by atoms with E-state index in [0.29, 0.717) is 19.5 Å². The zero-order chi connectivity index (χ0) is 22.3. The molecule has 5 heteroatoms. The number of terminal acetylenes is 1. The minimum absolute atomic E-state index is 0.120. The van der Waals surface area contributed by atoms with E-state index in [0.717, 1.165) is 62.7 Å². The second kappa shape index (κ2) is 10.4. The molecule has 2 aliphatic rings. The topological polar surface area (TPSA) is 64.8 Å². The van der Waals surface area contributed by atoms with E-state index in [4.69, 9.17) is 21.6 Å². The molecule has 3 rings (SSSR count). The van der Waals surface area contributed by atoms with Gasteiger partial charge in [-0.25, -0.2) is 0 Å². The van der Waals surface area contributed by atoms with Crippen LogP contribution in [0.3, 0.4) is 0 Å². The minimum Gasteiger partial charge on any atom is -0.497 e. The molecule has 2 N–H and O–H groups in total. The summed E-state index contributed by atoms with van der Waals surface area (Å²) < 4.78 is 12.0. The standard InChI is InChI=1S/C26H38N2O3/c1-4-28(2)19-22-11-6-9-16-26(22,21-12-10-13-23(17-21)30-3)31-24(29)18-25(20-27)14-7-5-8-15-25/h1,10,12-13,17,22H,5-9,11,14-16,18-20,27H2,2-3H3. The third kappa shape index (κ3) is 5.36. The predicted molar refractivity (Wildman–Crippen MR) is 123 cm³/mol. The van der Waals surface area contributed by atoms with Gasteiger partial charge in [0.2, 0.25) is 0 Å². The van der Waals surface area contributed by atoms with Crippen molar-refractivity contribution in [3.8, 4) is 18.2 Å². The second-order valence-corrected chi connectivity index (χ2v) is 9.49. The maximum absolute atomic E-state index is 13.4. The van der Waals surface area contributed by atoms with Gasteiger partial charge in [-0.15, -0.1) is 0 Å². The number of carbonyl (C=O) groups excluding carboxylic acids is 1. The summed E-state index contributed by atoms with van der Waals surface area (Å²) in [7, 11) is 3.58. The molecule has 0 radical (unpaired) electrons. The number of nitrogens with two attached hydrogens (primary N) is 1. The Balaban J connectivity index is 1.93. The summed E-state index contributed by atoms with van der Waals surface area (Å²) in [6.07, 6.45) is 15.5. The zero-order valence-electron chi connectivity index (χ0n) is 19.2. The predicted octanol–water partition coefficient (Wildman–Crippen LogP) is 4.45. The van der Waals surface area contributed by atoms with Gasteiger partial charge >= 0.3 is 5.97 Å². The lowest BCUT2D eigenvalue weighted by Gasteiger charge is -2.45. The van der Waals surface area contributed by atoms with Crippen molar-refractivity contribution in [2.45, 2.75) is 69.8 Å². The lowest BCUT2D eigenvalue weighted by atomic mass is 9.70. The van der Waals surface area contributed by atoms with Gasteiger partial charge in [0.25, 0.3) is 0 Å². The monoisotopic (exact) mass is 426 g/mol. The number of carbonyl (C=O) groups is 1. The van der Waals surface area contributed by atoms with Crippen LogP contribution >= 0.6 is 0 Å². The number of hydrogen-bond acceptors (Lipinski definition) is 5. The van der Waals surface area contributed by atoms with Gasteiger partial charge in [0.1, 0.15) is 11.4 Å². The number of esters is 1. The molecule has 0 aromatic heterocycles. The van der Waals surface area contributed by atoms with Gasteiger partial charge in [-0.1, -0.05) is 44.2 Å². The third-order valence-corrected chi connectivity index (χ3v) is 7.45. The quantitative estimate of drug-likeness (QED) is 0.378. The maximum atomic E-state index is 13.4. The number of methoxy groups -OCH3 is 1. The molecule has 1 aromatic carbocycles. The van der Waals surface area contributed by atoms with Crippen molar-refractivity contribution in [2.75, 3.05) is 27.2 Å². The summed E-state index contributed by atoms with van der Waals surface area (Å²) in [6, 6.07) is 10.7. The molecule has 2 fully saturated rings. The van der Waals surface area contributed by atoms with E-state index in [1.807, 2.05) is 30.1 Å². The first kappa shape index (κ1) is 23.5. The molecular formula is C26H38N2O3. The molecule has 31 heavy (non-hydrogen) atoms. The van der Waals surface area contributed by atoms with Crippen molar-refractivity contribution in [1.82, 2.24) is 4.90 Å². The van der Waals surface area contributed by atoms with Gasteiger partial charge in [-0.2, -0.15) is 0 Å². The molecule has 1 aromatic rings. The van der Waals surface area contributed by atoms with E-state index in [-0.39, 0.29) is 17.3 Å². The van der Waals surface area contributed by atoms with E-state index >= 15 is 0 Å². The molecule has 2 atom stereocenters. The van der Waals surface area contributed by atoms with Crippen molar-refractivity contribution < 1.29 is 14.3 Å². The molecular weight excluding hydrogens is 388 g/mol. The largest absolute Gasteiger partial charge is 0.497 e. The fraction of sp³-hybridized carbons (Fsp3) is 0.654. The lowest BCUT2D eigenvalue weighted by Crippen LogP contribution is -2.47. The fourth-order valence-corrected chi connectivity index (χ4v) is 5.60. The molecule has 2 unspecified atom stereocenters. The molecule has 0 amide bonds. The van der Waals surface area contributed by atoms with Gasteiger partial charge < -0.3 is 20.1 Å². The van der Waals surface area contributed by atoms with E-state index in [9.17, 15) is 4.79 Å². The number of rotatable bonds is 8. The van der Waals surface area contributed by atoms with Crippen LogP contribution < -0.4 is 10.5 Å². The molecule has 0 aliphatic heterocycles. The molecule has 0 bridgehead atoms. The smallest absolute Gasteiger partial charge is 0.307 e. The van der Waals surface area contributed by atoms with Gasteiger partial charge in [0, 0.05) is 25.6 Å².